The van der Waals surface area contributed by atoms with Gasteiger partial charge in [-0.2, -0.15) is 0 Å². The molecule has 15 heavy (non-hydrogen) atoms. The van der Waals surface area contributed by atoms with Gasteiger partial charge in [-0.15, -0.1) is 11.3 Å². The second-order valence-electron chi connectivity index (χ2n) is 3.68. The highest BCUT2D eigenvalue weighted by molar-refractivity contribution is 7.10. The van der Waals surface area contributed by atoms with Crippen molar-refractivity contribution in [3.8, 4) is 0 Å². The molecule has 0 bridgehead atoms. The van der Waals surface area contributed by atoms with E-state index in [9.17, 15) is 0 Å². The van der Waals surface area contributed by atoms with E-state index >= 15 is 0 Å². The summed E-state index contributed by atoms with van der Waals surface area (Å²) in [5.74, 6) is 0. The van der Waals surface area contributed by atoms with Crippen molar-refractivity contribution in [2.75, 3.05) is 0 Å². The van der Waals surface area contributed by atoms with Crippen molar-refractivity contribution >= 4 is 11.3 Å². The van der Waals surface area contributed by atoms with Crippen molar-refractivity contribution in [3.63, 3.8) is 0 Å². The summed E-state index contributed by atoms with van der Waals surface area (Å²) < 4.78 is 0. The number of thiophene rings is 1. The lowest BCUT2D eigenvalue weighted by atomic mass is 10.0. The van der Waals surface area contributed by atoms with Crippen molar-refractivity contribution in [2.24, 2.45) is 0 Å². The van der Waals surface area contributed by atoms with Gasteiger partial charge in [0.25, 0.3) is 0 Å². The van der Waals surface area contributed by atoms with Crippen LogP contribution in [0.1, 0.15) is 21.6 Å². The van der Waals surface area contributed by atoms with Crippen LogP contribution in [0.25, 0.3) is 0 Å². The van der Waals surface area contributed by atoms with Crippen LogP contribution in [0.4, 0.5) is 0 Å². The van der Waals surface area contributed by atoms with Gasteiger partial charge in [-0.1, -0.05) is 24.3 Å². The Morgan fingerprint density at radius 1 is 1.27 bits per heavy atom. The van der Waals surface area contributed by atoms with Crippen LogP contribution in [0.3, 0.4) is 0 Å². The van der Waals surface area contributed by atoms with Gasteiger partial charge < -0.3 is 5.11 Å². The number of aryl methyl sites for hydroxylation is 1. The Morgan fingerprint density at radius 3 is 2.73 bits per heavy atom. The molecule has 2 rings (SSSR count). The Hall–Kier alpha value is -1.12. The highest BCUT2D eigenvalue weighted by Crippen LogP contribution is 2.19. The summed E-state index contributed by atoms with van der Waals surface area (Å²) in [6.07, 6.45) is 0.961. The first-order chi connectivity index (χ1) is 7.29. The zero-order valence-corrected chi connectivity index (χ0v) is 9.55. The highest BCUT2D eigenvalue weighted by Gasteiger charge is 2.02. The topological polar surface area (TPSA) is 20.2 Å². The number of aliphatic hydroxyl groups is 1. The lowest BCUT2D eigenvalue weighted by Crippen LogP contribution is -1.89. The predicted octanol–water partition coefficient (Wildman–Crippen LogP) is 3.14. The molecule has 0 saturated carbocycles. The summed E-state index contributed by atoms with van der Waals surface area (Å²) in [6.45, 7) is 2.28. The molecule has 0 atom stereocenters. The number of benzene rings is 1. The molecular formula is C13H14OS. The minimum absolute atomic E-state index is 0.151. The van der Waals surface area contributed by atoms with Gasteiger partial charge in [0.15, 0.2) is 0 Å². The van der Waals surface area contributed by atoms with E-state index in [1.807, 2.05) is 0 Å². The summed E-state index contributed by atoms with van der Waals surface area (Å²) in [4.78, 5) is 1.04. The van der Waals surface area contributed by atoms with Crippen LogP contribution in [0.2, 0.25) is 0 Å². The van der Waals surface area contributed by atoms with Gasteiger partial charge in [-0.3, -0.25) is 0 Å². The van der Waals surface area contributed by atoms with Crippen LogP contribution >= 0.6 is 11.3 Å². The zero-order chi connectivity index (χ0) is 10.7. The van der Waals surface area contributed by atoms with Gasteiger partial charge in [0.1, 0.15) is 0 Å². The number of hydrogen-bond donors (Lipinski definition) is 1. The second-order valence-corrected chi connectivity index (χ2v) is 4.68. The molecule has 0 spiro atoms. The van der Waals surface area contributed by atoms with Crippen LogP contribution < -0.4 is 0 Å². The van der Waals surface area contributed by atoms with Crippen LogP contribution in [0.15, 0.2) is 35.7 Å². The lowest BCUT2D eigenvalue weighted by Gasteiger charge is -2.02. The van der Waals surface area contributed by atoms with Gasteiger partial charge in [0.2, 0.25) is 0 Å². The zero-order valence-electron chi connectivity index (χ0n) is 8.73. The lowest BCUT2D eigenvalue weighted by molar-refractivity contribution is 0.285. The Kier molecular flexibility index (Phi) is 3.19. The van der Waals surface area contributed by atoms with E-state index in [1.54, 1.807) is 11.3 Å². The summed E-state index contributed by atoms with van der Waals surface area (Å²) in [6, 6.07) is 10.5. The summed E-state index contributed by atoms with van der Waals surface area (Å²) in [5, 5.41) is 11.1. The molecule has 2 heteroatoms. The standard InChI is InChI=1S/C13H14OS/c1-10-4-2-3-5-12(10)6-11-7-13(8-14)15-9-11/h2-5,7,9,14H,6,8H2,1H3. The van der Waals surface area contributed by atoms with E-state index in [0.717, 1.165) is 11.3 Å². The SMILES string of the molecule is Cc1ccccc1Cc1csc(CO)c1. The molecule has 0 saturated heterocycles. The molecule has 0 amide bonds. The van der Waals surface area contributed by atoms with Crippen molar-refractivity contribution in [1.82, 2.24) is 0 Å². The van der Waals surface area contributed by atoms with Crippen molar-refractivity contribution in [2.45, 2.75) is 20.0 Å². The molecule has 1 aromatic heterocycles. The van der Waals surface area contributed by atoms with Gasteiger partial charge in [0.05, 0.1) is 6.61 Å². The van der Waals surface area contributed by atoms with E-state index in [2.05, 4.69) is 42.6 Å². The maximum atomic E-state index is 8.98. The van der Waals surface area contributed by atoms with E-state index in [4.69, 9.17) is 5.11 Å². The molecule has 1 aromatic carbocycles. The average molecular weight is 218 g/mol. The third kappa shape index (κ3) is 2.46. The number of hydrogen-bond acceptors (Lipinski definition) is 2. The molecule has 0 aliphatic carbocycles. The third-order valence-corrected chi connectivity index (χ3v) is 3.49. The molecule has 1 N–H and O–H groups in total. The highest BCUT2D eigenvalue weighted by atomic mass is 32.1. The maximum Gasteiger partial charge on any atom is 0.0774 e. The van der Waals surface area contributed by atoms with E-state index < -0.39 is 0 Å². The fraction of sp³-hybridized carbons (Fsp3) is 0.231. The molecule has 78 valence electrons. The fourth-order valence-corrected chi connectivity index (χ4v) is 2.38. The van der Waals surface area contributed by atoms with Crippen LogP contribution in [0, 0.1) is 6.92 Å². The normalized spacial score (nSPS) is 10.5. The van der Waals surface area contributed by atoms with Crippen LogP contribution in [-0.2, 0) is 13.0 Å². The monoisotopic (exact) mass is 218 g/mol. The minimum atomic E-state index is 0.151. The summed E-state index contributed by atoms with van der Waals surface area (Å²) >= 11 is 1.62. The first-order valence-electron chi connectivity index (χ1n) is 5.01. The third-order valence-electron chi connectivity index (χ3n) is 2.52. The number of rotatable bonds is 3. The van der Waals surface area contributed by atoms with E-state index in [-0.39, 0.29) is 6.61 Å². The molecular weight excluding hydrogens is 204 g/mol. The van der Waals surface area contributed by atoms with Crippen molar-refractivity contribution in [3.05, 3.63) is 57.3 Å². The second kappa shape index (κ2) is 4.60. The first-order valence-corrected chi connectivity index (χ1v) is 5.89. The van der Waals surface area contributed by atoms with Gasteiger partial charge in [-0.05, 0) is 41.5 Å². The van der Waals surface area contributed by atoms with Crippen molar-refractivity contribution in [1.29, 1.82) is 0 Å². The van der Waals surface area contributed by atoms with Crippen molar-refractivity contribution < 1.29 is 5.11 Å². The summed E-state index contributed by atoms with van der Waals surface area (Å²) in [7, 11) is 0. The van der Waals surface area contributed by atoms with Crippen LogP contribution in [0.5, 0.6) is 0 Å². The Morgan fingerprint density at radius 2 is 2.07 bits per heavy atom. The molecule has 0 unspecified atom stereocenters. The van der Waals surface area contributed by atoms with Crippen LogP contribution in [-0.4, -0.2) is 5.11 Å². The number of aliphatic hydroxyl groups excluding tert-OH is 1. The quantitative estimate of drug-likeness (QED) is 0.839. The van der Waals surface area contributed by atoms with E-state index in [0.29, 0.717) is 0 Å². The molecule has 2 aromatic rings. The largest absolute Gasteiger partial charge is 0.391 e. The van der Waals surface area contributed by atoms with E-state index in [1.165, 1.54) is 16.7 Å². The molecule has 0 aliphatic heterocycles. The first kappa shape index (κ1) is 10.4. The molecule has 0 fully saturated rings. The Balaban J connectivity index is 2.18. The maximum absolute atomic E-state index is 8.98. The summed E-state index contributed by atoms with van der Waals surface area (Å²) in [5.41, 5.74) is 3.98. The fourth-order valence-electron chi connectivity index (χ4n) is 1.63. The molecule has 0 radical (unpaired) electrons. The molecule has 0 aliphatic rings. The smallest absolute Gasteiger partial charge is 0.0774 e. The minimum Gasteiger partial charge on any atom is -0.391 e. The predicted molar refractivity (Wildman–Crippen MR) is 64.2 cm³/mol. The Labute approximate surface area is 94.0 Å². The molecule has 1 nitrogen and oxygen atoms in total. The molecule has 1 heterocycles. The van der Waals surface area contributed by atoms with Gasteiger partial charge >= 0.3 is 0 Å². The van der Waals surface area contributed by atoms with Gasteiger partial charge in [0, 0.05) is 4.88 Å². The Bertz CT molecular complexity index is 445. The average Bonchev–Trinajstić information content (AvgIpc) is 2.69. The van der Waals surface area contributed by atoms with Gasteiger partial charge in [-0.25, -0.2) is 0 Å².